The molecule has 0 amide bonds. The summed E-state index contributed by atoms with van der Waals surface area (Å²) in [6, 6.07) is 15.3. The minimum Gasteiger partial charge on any atom is -0.492 e. The zero-order valence-corrected chi connectivity index (χ0v) is 11.8. The van der Waals surface area contributed by atoms with Gasteiger partial charge in [-0.2, -0.15) is 0 Å². The average molecular weight is 282 g/mol. The molecule has 1 aliphatic rings. The molecule has 0 heterocycles. The highest BCUT2D eigenvalue weighted by Crippen LogP contribution is 2.27. The molecule has 1 N–H and O–H groups in total. The van der Waals surface area contributed by atoms with E-state index in [1.165, 1.54) is 17.5 Å². The molecule has 0 spiro atoms. The molecule has 108 valence electrons. The third kappa shape index (κ3) is 3.07. The molecule has 1 unspecified atom stereocenters. The Morgan fingerprint density at radius 3 is 2.62 bits per heavy atom. The highest BCUT2D eigenvalue weighted by atomic mass is 16.5. The van der Waals surface area contributed by atoms with Crippen molar-refractivity contribution in [3.63, 3.8) is 0 Å². The van der Waals surface area contributed by atoms with Gasteiger partial charge in [-0.05, 0) is 48.1 Å². The summed E-state index contributed by atoms with van der Waals surface area (Å²) in [5.41, 5.74) is 3.49. The first-order chi connectivity index (χ1) is 10.2. The third-order valence-corrected chi connectivity index (χ3v) is 3.99. The number of hydrogen-bond donors (Lipinski definition) is 1. The molecule has 0 radical (unpaired) electrons. The first kappa shape index (κ1) is 13.7. The van der Waals surface area contributed by atoms with E-state index in [1.807, 2.05) is 42.5 Å². The van der Waals surface area contributed by atoms with Crippen LogP contribution in [0.5, 0.6) is 5.75 Å². The van der Waals surface area contributed by atoms with Crippen LogP contribution in [0.4, 0.5) is 0 Å². The number of carboxylic acid groups (broad SMARTS) is 1. The zero-order valence-electron chi connectivity index (χ0n) is 11.8. The second-order valence-electron chi connectivity index (χ2n) is 5.40. The third-order valence-electron chi connectivity index (χ3n) is 3.99. The molecule has 0 fully saturated rings. The first-order valence-corrected chi connectivity index (χ1v) is 7.26. The van der Waals surface area contributed by atoms with E-state index >= 15 is 0 Å². The number of hydrogen-bond acceptors (Lipinski definition) is 2. The predicted molar refractivity (Wildman–Crippen MR) is 80.8 cm³/mol. The van der Waals surface area contributed by atoms with Gasteiger partial charge >= 0.3 is 5.97 Å². The van der Waals surface area contributed by atoms with Crippen LogP contribution in [0.3, 0.4) is 0 Å². The molecule has 3 heteroatoms. The Kier molecular flexibility index (Phi) is 3.91. The van der Waals surface area contributed by atoms with Crippen molar-refractivity contribution in [2.24, 2.45) is 0 Å². The van der Waals surface area contributed by atoms with Gasteiger partial charge in [0.15, 0.2) is 0 Å². The highest BCUT2D eigenvalue weighted by molar-refractivity contribution is 5.76. The standard InChI is InChI=1S/C18H18O3/c19-18(20)17(14-5-2-1-3-6-14)12-21-16-10-9-13-7-4-8-15(13)11-16/h1-3,5-6,9-11,17H,4,7-8,12H2,(H,19,20). The lowest BCUT2D eigenvalue weighted by Gasteiger charge is -2.14. The van der Waals surface area contributed by atoms with Crippen molar-refractivity contribution in [2.45, 2.75) is 25.2 Å². The van der Waals surface area contributed by atoms with Crippen LogP contribution in [-0.4, -0.2) is 17.7 Å². The van der Waals surface area contributed by atoms with E-state index in [2.05, 4.69) is 6.07 Å². The summed E-state index contributed by atoms with van der Waals surface area (Å²) in [4.78, 5) is 11.4. The van der Waals surface area contributed by atoms with Gasteiger partial charge in [-0.25, -0.2) is 0 Å². The minimum absolute atomic E-state index is 0.151. The second kappa shape index (κ2) is 6.00. The molecule has 3 rings (SSSR count). The van der Waals surface area contributed by atoms with E-state index in [1.54, 1.807) is 0 Å². The SMILES string of the molecule is O=C(O)C(COc1ccc2c(c1)CCC2)c1ccccc1. The van der Waals surface area contributed by atoms with Crippen molar-refractivity contribution in [2.75, 3.05) is 6.61 Å². The van der Waals surface area contributed by atoms with Crippen LogP contribution in [0, 0.1) is 0 Å². The van der Waals surface area contributed by atoms with Crippen molar-refractivity contribution >= 4 is 5.97 Å². The van der Waals surface area contributed by atoms with E-state index in [-0.39, 0.29) is 6.61 Å². The molecule has 1 aliphatic carbocycles. The maximum atomic E-state index is 11.4. The Bertz CT molecular complexity index is 634. The fourth-order valence-electron chi connectivity index (χ4n) is 2.81. The molecule has 0 aromatic heterocycles. The summed E-state index contributed by atoms with van der Waals surface area (Å²) in [6.45, 7) is 0.151. The quantitative estimate of drug-likeness (QED) is 0.914. The summed E-state index contributed by atoms with van der Waals surface area (Å²) in [6.07, 6.45) is 3.42. The average Bonchev–Trinajstić information content (AvgIpc) is 2.96. The van der Waals surface area contributed by atoms with Crippen molar-refractivity contribution in [1.29, 1.82) is 0 Å². The lowest BCUT2D eigenvalue weighted by molar-refractivity contribution is -0.139. The zero-order chi connectivity index (χ0) is 14.7. The lowest BCUT2D eigenvalue weighted by atomic mass is 10.0. The molecule has 21 heavy (non-hydrogen) atoms. The molecule has 3 nitrogen and oxygen atoms in total. The Morgan fingerprint density at radius 1 is 1.10 bits per heavy atom. The Labute approximate surface area is 124 Å². The van der Waals surface area contributed by atoms with Gasteiger partial charge in [-0.15, -0.1) is 0 Å². The molecular weight excluding hydrogens is 264 g/mol. The second-order valence-corrected chi connectivity index (χ2v) is 5.40. The first-order valence-electron chi connectivity index (χ1n) is 7.26. The number of ether oxygens (including phenoxy) is 1. The van der Waals surface area contributed by atoms with E-state index in [9.17, 15) is 9.90 Å². The number of benzene rings is 2. The molecule has 0 saturated carbocycles. The number of carbonyl (C=O) groups is 1. The van der Waals surface area contributed by atoms with Crippen LogP contribution < -0.4 is 4.74 Å². The van der Waals surface area contributed by atoms with E-state index in [0.29, 0.717) is 0 Å². The van der Waals surface area contributed by atoms with Crippen LogP contribution in [0.2, 0.25) is 0 Å². The number of aliphatic carboxylic acids is 1. The van der Waals surface area contributed by atoms with Crippen molar-refractivity contribution < 1.29 is 14.6 Å². The largest absolute Gasteiger partial charge is 0.492 e. The van der Waals surface area contributed by atoms with Crippen LogP contribution in [0.15, 0.2) is 48.5 Å². The topological polar surface area (TPSA) is 46.5 Å². The molecule has 0 bridgehead atoms. The van der Waals surface area contributed by atoms with E-state index < -0.39 is 11.9 Å². The molecule has 2 aromatic rings. The number of carboxylic acids is 1. The monoisotopic (exact) mass is 282 g/mol. The van der Waals surface area contributed by atoms with Gasteiger partial charge in [0, 0.05) is 0 Å². The van der Waals surface area contributed by atoms with E-state index in [4.69, 9.17) is 4.74 Å². The van der Waals surface area contributed by atoms with Gasteiger partial charge in [-0.3, -0.25) is 4.79 Å². The van der Waals surface area contributed by atoms with Gasteiger partial charge in [0.2, 0.25) is 0 Å². The van der Waals surface area contributed by atoms with Gasteiger partial charge in [0.05, 0.1) is 0 Å². The van der Waals surface area contributed by atoms with Crippen molar-refractivity contribution in [3.05, 3.63) is 65.2 Å². The summed E-state index contributed by atoms with van der Waals surface area (Å²) in [5.74, 6) is -0.736. The van der Waals surface area contributed by atoms with Crippen LogP contribution in [0.1, 0.15) is 29.0 Å². The van der Waals surface area contributed by atoms with Crippen molar-refractivity contribution in [3.8, 4) is 5.75 Å². The Hall–Kier alpha value is -2.29. The molecule has 2 aromatic carbocycles. The predicted octanol–water partition coefficient (Wildman–Crippen LogP) is 3.42. The summed E-state index contributed by atoms with van der Waals surface area (Å²) in [5, 5.41) is 9.38. The smallest absolute Gasteiger partial charge is 0.314 e. The normalized spacial score (nSPS) is 14.5. The highest BCUT2D eigenvalue weighted by Gasteiger charge is 2.21. The van der Waals surface area contributed by atoms with Gasteiger partial charge in [0.1, 0.15) is 18.3 Å². The number of aryl methyl sites for hydroxylation is 2. The van der Waals surface area contributed by atoms with Crippen LogP contribution >= 0.6 is 0 Å². The van der Waals surface area contributed by atoms with Gasteiger partial charge in [0.25, 0.3) is 0 Å². The minimum atomic E-state index is -0.859. The summed E-state index contributed by atoms with van der Waals surface area (Å²) in [7, 11) is 0. The Balaban J connectivity index is 1.71. The maximum Gasteiger partial charge on any atom is 0.314 e. The lowest BCUT2D eigenvalue weighted by Crippen LogP contribution is -2.19. The molecule has 1 atom stereocenters. The fourth-order valence-corrected chi connectivity index (χ4v) is 2.81. The Morgan fingerprint density at radius 2 is 1.86 bits per heavy atom. The van der Waals surface area contributed by atoms with Crippen LogP contribution in [0.25, 0.3) is 0 Å². The molecule has 0 saturated heterocycles. The van der Waals surface area contributed by atoms with Crippen LogP contribution in [-0.2, 0) is 17.6 Å². The summed E-state index contributed by atoms with van der Waals surface area (Å²) < 4.78 is 5.73. The molecular formula is C18H18O3. The number of fused-ring (bicyclic) bond motifs is 1. The number of rotatable bonds is 5. The molecule has 0 aliphatic heterocycles. The van der Waals surface area contributed by atoms with Gasteiger partial charge in [-0.1, -0.05) is 36.4 Å². The van der Waals surface area contributed by atoms with Gasteiger partial charge < -0.3 is 9.84 Å². The van der Waals surface area contributed by atoms with Crippen molar-refractivity contribution in [1.82, 2.24) is 0 Å². The maximum absolute atomic E-state index is 11.4. The fraction of sp³-hybridized carbons (Fsp3) is 0.278. The van der Waals surface area contributed by atoms with E-state index in [0.717, 1.165) is 24.2 Å². The summed E-state index contributed by atoms with van der Waals surface area (Å²) >= 11 is 0.